The summed E-state index contributed by atoms with van der Waals surface area (Å²) in [5.74, 6) is 0.304. The SMILES string of the molecule is COCn1c(-c2cc3cc(/C=C4/SC(=O)NC4=O)ccc3[nH]2)nc2cc(Cl)c(Cl)cc21. The van der Waals surface area contributed by atoms with E-state index < -0.39 is 0 Å². The zero-order valence-electron chi connectivity index (χ0n) is 16.0. The van der Waals surface area contributed by atoms with Gasteiger partial charge in [-0.05, 0) is 53.7 Å². The molecule has 1 fully saturated rings. The van der Waals surface area contributed by atoms with Gasteiger partial charge in [0.05, 0.1) is 31.7 Å². The zero-order chi connectivity index (χ0) is 21.7. The summed E-state index contributed by atoms with van der Waals surface area (Å²) in [6.07, 6.45) is 1.70. The number of ether oxygens (including phenoxy) is 1. The molecule has 10 heteroatoms. The van der Waals surface area contributed by atoms with Crippen molar-refractivity contribution >= 4 is 74.1 Å². The van der Waals surface area contributed by atoms with Gasteiger partial charge in [0.2, 0.25) is 0 Å². The van der Waals surface area contributed by atoms with Crippen LogP contribution in [0.25, 0.3) is 39.5 Å². The van der Waals surface area contributed by atoms with E-state index in [9.17, 15) is 9.59 Å². The molecular formula is C21H14Cl2N4O3S. The van der Waals surface area contributed by atoms with Gasteiger partial charge in [-0.2, -0.15) is 0 Å². The van der Waals surface area contributed by atoms with E-state index in [-0.39, 0.29) is 17.9 Å². The number of nitrogens with one attached hydrogen (secondary N) is 2. The molecule has 4 aromatic rings. The van der Waals surface area contributed by atoms with E-state index in [0.717, 1.165) is 39.4 Å². The van der Waals surface area contributed by atoms with E-state index in [1.165, 1.54) is 0 Å². The van der Waals surface area contributed by atoms with Crippen LogP contribution in [-0.4, -0.2) is 32.8 Å². The molecule has 0 unspecified atom stereocenters. The van der Waals surface area contributed by atoms with Gasteiger partial charge in [0.15, 0.2) is 5.82 Å². The number of benzene rings is 2. The quantitative estimate of drug-likeness (QED) is 0.387. The van der Waals surface area contributed by atoms with Crippen LogP contribution < -0.4 is 5.32 Å². The van der Waals surface area contributed by atoms with Crippen molar-refractivity contribution in [1.29, 1.82) is 0 Å². The number of carbonyl (C=O) groups is 2. The van der Waals surface area contributed by atoms with E-state index >= 15 is 0 Å². The van der Waals surface area contributed by atoms with Gasteiger partial charge in [-0.1, -0.05) is 29.3 Å². The van der Waals surface area contributed by atoms with Gasteiger partial charge in [-0.25, -0.2) is 4.98 Å². The van der Waals surface area contributed by atoms with Crippen LogP contribution in [0, 0.1) is 0 Å². The number of aromatic nitrogens is 3. The number of imide groups is 1. The Bertz CT molecular complexity index is 1420. The molecule has 2 N–H and O–H groups in total. The second kappa shape index (κ2) is 7.72. The molecule has 1 aliphatic rings. The highest BCUT2D eigenvalue weighted by atomic mass is 35.5. The molecular weight excluding hydrogens is 459 g/mol. The van der Waals surface area contributed by atoms with Crippen LogP contribution in [0.15, 0.2) is 41.3 Å². The molecule has 31 heavy (non-hydrogen) atoms. The van der Waals surface area contributed by atoms with Crippen molar-refractivity contribution < 1.29 is 14.3 Å². The molecule has 0 bridgehead atoms. The molecule has 2 aromatic carbocycles. The van der Waals surface area contributed by atoms with Crippen LogP contribution in [0.2, 0.25) is 10.0 Å². The molecule has 7 nitrogen and oxygen atoms in total. The Morgan fingerprint density at radius 3 is 2.71 bits per heavy atom. The van der Waals surface area contributed by atoms with Crippen molar-refractivity contribution in [2.45, 2.75) is 6.73 Å². The fourth-order valence-corrected chi connectivity index (χ4v) is 4.52. The van der Waals surface area contributed by atoms with E-state index in [1.54, 1.807) is 25.3 Å². The van der Waals surface area contributed by atoms with Crippen molar-refractivity contribution in [1.82, 2.24) is 19.9 Å². The number of aromatic amines is 1. The highest BCUT2D eigenvalue weighted by Gasteiger charge is 2.25. The topological polar surface area (TPSA) is 89.0 Å². The highest BCUT2D eigenvalue weighted by Crippen LogP contribution is 2.33. The summed E-state index contributed by atoms with van der Waals surface area (Å²) < 4.78 is 7.28. The van der Waals surface area contributed by atoms with Crippen molar-refractivity contribution in [3.8, 4) is 11.5 Å². The number of rotatable bonds is 4. The van der Waals surface area contributed by atoms with Gasteiger partial charge in [0.25, 0.3) is 11.1 Å². The van der Waals surface area contributed by atoms with Crippen LogP contribution in [0.4, 0.5) is 4.79 Å². The van der Waals surface area contributed by atoms with Crippen molar-refractivity contribution in [3.05, 3.63) is 56.9 Å². The number of thioether (sulfide) groups is 1. The number of nitrogens with zero attached hydrogens (tertiary/aromatic N) is 2. The van der Waals surface area contributed by atoms with Gasteiger partial charge in [-0.15, -0.1) is 0 Å². The minimum absolute atomic E-state index is 0.289. The van der Waals surface area contributed by atoms with Crippen LogP contribution >= 0.6 is 35.0 Å². The Morgan fingerprint density at radius 1 is 1.16 bits per heavy atom. The Hall–Kier alpha value is -2.78. The van der Waals surface area contributed by atoms with Crippen molar-refractivity contribution in [2.75, 3.05) is 7.11 Å². The Morgan fingerprint density at radius 2 is 1.97 bits per heavy atom. The molecule has 5 rings (SSSR count). The minimum Gasteiger partial charge on any atom is -0.364 e. The number of carbonyl (C=O) groups excluding carboxylic acids is 2. The second-order valence-electron chi connectivity index (χ2n) is 6.92. The first kappa shape index (κ1) is 20.1. The summed E-state index contributed by atoms with van der Waals surface area (Å²) in [7, 11) is 1.61. The first-order valence-electron chi connectivity index (χ1n) is 9.15. The van der Waals surface area contributed by atoms with Crippen molar-refractivity contribution in [3.63, 3.8) is 0 Å². The van der Waals surface area contributed by atoms with E-state index in [2.05, 4.69) is 10.3 Å². The summed E-state index contributed by atoms with van der Waals surface area (Å²) in [5, 5.41) is 3.71. The molecule has 3 heterocycles. The minimum atomic E-state index is -0.379. The predicted molar refractivity (Wildman–Crippen MR) is 123 cm³/mol. The average Bonchev–Trinajstić information content (AvgIpc) is 3.38. The third-order valence-electron chi connectivity index (χ3n) is 4.87. The standard InChI is InChI=1S/C21H14Cl2N4O3S/c1-30-9-27-17-8-13(23)12(22)7-15(17)25-19(27)16-6-11-4-10(2-3-14(11)24-16)5-18-20(28)26-21(29)31-18/h2-8,24H,9H2,1H3,(H,26,28,29)/b18-5+. The van der Waals surface area contributed by atoms with Crippen LogP contribution in [0.1, 0.15) is 5.56 Å². The maximum atomic E-state index is 11.8. The molecule has 0 atom stereocenters. The highest BCUT2D eigenvalue weighted by molar-refractivity contribution is 8.18. The number of halogens is 2. The molecule has 0 aliphatic carbocycles. The van der Waals surface area contributed by atoms with Crippen LogP contribution in [0.5, 0.6) is 0 Å². The Labute approximate surface area is 190 Å². The predicted octanol–water partition coefficient (Wildman–Crippen LogP) is 5.42. The second-order valence-corrected chi connectivity index (χ2v) is 8.75. The van der Waals surface area contributed by atoms with Crippen LogP contribution in [0.3, 0.4) is 0 Å². The molecule has 1 aliphatic heterocycles. The van der Waals surface area contributed by atoms with Gasteiger partial charge in [0, 0.05) is 18.0 Å². The average molecular weight is 473 g/mol. The van der Waals surface area contributed by atoms with E-state index in [0.29, 0.717) is 26.3 Å². The zero-order valence-corrected chi connectivity index (χ0v) is 18.4. The maximum Gasteiger partial charge on any atom is 0.290 e. The van der Waals surface area contributed by atoms with E-state index in [1.807, 2.05) is 28.8 Å². The third-order valence-corrected chi connectivity index (χ3v) is 6.41. The molecule has 0 spiro atoms. The smallest absolute Gasteiger partial charge is 0.290 e. The summed E-state index contributed by atoms with van der Waals surface area (Å²) in [5.41, 5.74) is 4.03. The lowest BCUT2D eigenvalue weighted by atomic mass is 10.1. The Kier molecular flexibility index (Phi) is 5.02. The first-order chi connectivity index (χ1) is 14.9. The molecule has 2 amide bonds. The van der Waals surface area contributed by atoms with Gasteiger partial charge in [-0.3, -0.25) is 19.5 Å². The summed E-state index contributed by atoms with van der Waals surface area (Å²) in [4.78, 5) is 31.7. The lowest BCUT2D eigenvalue weighted by Crippen LogP contribution is -2.17. The number of fused-ring (bicyclic) bond motifs is 2. The van der Waals surface area contributed by atoms with Gasteiger partial charge in [0.1, 0.15) is 6.73 Å². The normalized spacial score (nSPS) is 15.5. The third kappa shape index (κ3) is 3.61. The molecule has 0 saturated carbocycles. The molecule has 1 saturated heterocycles. The fourth-order valence-electron chi connectivity index (χ4n) is 3.52. The summed E-state index contributed by atoms with van der Waals surface area (Å²) in [6.45, 7) is 0.289. The monoisotopic (exact) mass is 472 g/mol. The number of hydrogen-bond acceptors (Lipinski definition) is 5. The van der Waals surface area contributed by atoms with Crippen molar-refractivity contribution in [2.24, 2.45) is 0 Å². The number of amides is 2. The lowest BCUT2D eigenvalue weighted by Gasteiger charge is -2.07. The van der Waals surface area contributed by atoms with Gasteiger partial charge < -0.3 is 9.72 Å². The first-order valence-corrected chi connectivity index (χ1v) is 10.7. The molecule has 156 valence electrons. The summed E-state index contributed by atoms with van der Waals surface area (Å²) in [6, 6.07) is 11.2. The number of hydrogen-bond donors (Lipinski definition) is 2. The molecule has 2 aromatic heterocycles. The largest absolute Gasteiger partial charge is 0.364 e. The van der Waals surface area contributed by atoms with Gasteiger partial charge >= 0.3 is 0 Å². The Balaban J connectivity index is 1.60. The number of methoxy groups -OCH3 is 1. The molecule has 0 radical (unpaired) electrons. The fraction of sp³-hybridized carbons (Fsp3) is 0.0952. The maximum absolute atomic E-state index is 11.8. The number of imidazole rings is 1. The summed E-state index contributed by atoms with van der Waals surface area (Å²) >= 11 is 13.3. The number of H-pyrrole nitrogens is 1. The lowest BCUT2D eigenvalue weighted by molar-refractivity contribution is -0.115. The van der Waals surface area contributed by atoms with E-state index in [4.69, 9.17) is 32.9 Å². The van der Waals surface area contributed by atoms with Crippen LogP contribution in [-0.2, 0) is 16.3 Å².